The second-order valence-electron chi connectivity index (χ2n) is 10.1. The predicted octanol–water partition coefficient (Wildman–Crippen LogP) is -0.0635. The molecule has 11 atom stereocenters. The molecular formula is C25H48O11. The molecule has 2 heterocycles. The summed E-state index contributed by atoms with van der Waals surface area (Å²) in [6.07, 6.45) is -3.03. The number of hydrogen-bond donors (Lipinski definition) is 7. The molecule has 0 aromatic heterocycles. The Morgan fingerprint density at radius 1 is 0.639 bits per heavy atom. The molecule has 0 aromatic rings. The largest absolute Gasteiger partial charge is 0.394 e. The van der Waals surface area contributed by atoms with Crippen LogP contribution in [-0.4, -0.2) is 116 Å². The maximum Gasteiger partial charge on any atom is 0.187 e. The van der Waals surface area contributed by atoms with Crippen molar-refractivity contribution in [3.05, 3.63) is 0 Å². The van der Waals surface area contributed by atoms with Crippen LogP contribution in [0.25, 0.3) is 0 Å². The second kappa shape index (κ2) is 16.5. The number of aliphatic hydroxyl groups is 7. The molecule has 0 saturated carbocycles. The van der Waals surface area contributed by atoms with E-state index in [4.69, 9.17) is 18.9 Å². The smallest absolute Gasteiger partial charge is 0.187 e. The van der Waals surface area contributed by atoms with Gasteiger partial charge in [-0.1, -0.05) is 64.7 Å². The Labute approximate surface area is 214 Å². The molecule has 11 heteroatoms. The van der Waals surface area contributed by atoms with Gasteiger partial charge in [0, 0.05) is 0 Å². The molecule has 2 fully saturated rings. The Morgan fingerprint density at radius 3 is 1.75 bits per heavy atom. The lowest BCUT2D eigenvalue weighted by molar-refractivity contribution is -0.362. The van der Waals surface area contributed by atoms with E-state index in [1.54, 1.807) is 0 Å². The first kappa shape index (κ1) is 31.8. The highest BCUT2D eigenvalue weighted by atomic mass is 16.7. The summed E-state index contributed by atoms with van der Waals surface area (Å²) >= 11 is 0. The Hall–Kier alpha value is -0.440. The van der Waals surface area contributed by atoms with E-state index >= 15 is 0 Å². The highest BCUT2D eigenvalue weighted by molar-refractivity contribution is 4.94. The Kier molecular flexibility index (Phi) is 14.6. The molecule has 7 N–H and O–H groups in total. The number of rotatable bonds is 16. The van der Waals surface area contributed by atoms with Gasteiger partial charge in [0.25, 0.3) is 0 Å². The molecule has 2 saturated heterocycles. The highest BCUT2D eigenvalue weighted by Gasteiger charge is 2.50. The quantitative estimate of drug-likeness (QED) is 0.134. The summed E-state index contributed by atoms with van der Waals surface area (Å²) in [5, 5.41) is 70.5. The molecule has 0 radical (unpaired) electrons. The lowest BCUT2D eigenvalue weighted by atomic mass is 9.97. The second-order valence-corrected chi connectivity index (χ2v) is 10.1. The van der Waals surface area contributed by atoms with Gasteiger partial charge < -0.3 is 54.7 Å². The Bertz CT molecular complexity index is 578. The zero-order valence-electron chi connectivity index (χ0n) is 21.6. The molecule has 214 valence electrons. The van der Waals surface area contributed by atoms with Crippen LogP contribution in [0.5, 0.6) is 0 Å². The minimum absolute atomic E-state index is 0.247. The highest BCUT2D eigenvalue weighted by Crippen LogP contribution is 2.30. The average molecular weight is 525 g/mol. The molecule has 0 spiro atoms. The van der Waals surface area contributed by atoms with E-state index < -0.39 is 74.6 Å². The Morgan fingerprint density at radius 2 is 1.17 bits per heavy atom. The van der Waals surface area contributed by atoms with E-state index in [0.717, 1.165) is 19.3 Å². The third kappa shape index (κ3) is 9.09. The van der Waals surface area contributed by atoms with Gasteiger partial charge in [0.05, 0.1) is 19.3 Å². The van der Waals surface area contributed by atoms with E-state index in [9.17, 15) is 35.7 Å². The molecule has 0 amide bonds. The van der Waals surface area contributed by atoms with Gasteiger partial charge in [-0.05, 0) is 13.3 Å². The van der Waals surface area contributed by atoms with E-state index in [-0.39, 0.29) is 6.10 Å². The third-order valence-corrected chi connectivity index (χ3v) is 7.04. The molecule has 0 aromatic carbocycles. The molecule has 0 bridgehead atoms. The van der Waals surface area contributed by atoms with Crippen LogP contribution in [0.15, 0.2) is 0 Å². The minimum Gasteiger partial charge on any atom is -0.394 e. The van der Waals surface area contributed by atoms with Crippen LogP contribution in [0.2, 0.25) is 0 Å². The fourth-order valence-corrected chi connectivity index (χ4v) is 4.71. The summed E-state index contributed by atoms with van der Waals surface area (Å²) in [6, 6.07) is 0. The summed E-state index contributed by atoms with van der Waals surface area (Å²) in [5.41, 5.74) is 0. The van der Waals surface area contributed by atoms with Gasteiger partial charge in [-0.15, -0.1) is 0 Å². The van der Waals surface area contributed by atoms with E-state index in [1.165, 1.54) is 44.9 Å². The molecule has 36 heavy (non-hydrogen) atoms. The van der Waals surface area contributed by atoms with Crippen molar-refractivity contribution in [2.24, 2.45) is 0 Å². The van der Waals surface area contributed by atoms with Gasteiger partial charge in [0.2, 0.25) is 0 Å². The number of ether oxygens (including phenoxy) is 4. The minimum atomic E-state index is -1.70. The SMILES string of the molecule is CCCCCCCCCCCC(C)O[C@@H]1OC(CO)[C@@H](O[C@H]2OC(CO)[C@@H](O)[C@H](O)C2O)[C@H](O)C1O. The van der Waals surface area contributed by atoms with E-state index in [1.807, 2.05) is 6.92 Å². The van der Waals surface area contributed by atoms with Crippen molar-refractivity contribution in [3.63, 3.8) is 0 Å². The predicted molar refractivity (Wildman–Crippen MR) is 129 cm³/mol. The van der Waals surface area contributed by atoms with Gasteiger partial charge in [-0.3, -0.25) is 0 Å². The summed E-state index contributed by atoms with van der Waals surface area (Å²) in [5.74, 6) is 0. The molecule has 2 aliphatic rings. The average Bonchev–Trinajstić information content (AvgIpc) is 2.87. The zero-order valence-corrected chi connectivity index (χ0v) is 21.6. The normalized spacial score (nSPS) is 38.2. The van der Waals surface area contributed by atoms with Gasteiger partial charge in [0.15, 0.2) is 12.6 Å². The van der Waals surface area contributed by atoms with Gasteiger partial charge in [-0.2, -0.15) is 0 Å². The topological polar surface area (TPSA) is 179 Å². The van der Waals surface area contributed by atoms with Crippen molar-refractivity contribution in [1.29, 1.82) is 0 Å². The van der Waals surface area contributed by atoms with Crippen molar-refractivity contribution in [2.45, 2.75) is 146 Å². The first-order valence-corrected chi connectivity index (χ1v) is 13.5. The fourth-order valence-electron chi connectivity index (χ4n) is 4.71. The first-order chi connectivity index (χ1) is 17.2. The maximum absolute atomic E-state index is 10.7. The molecule has 5 unspecified atom stereocenters. The van der Waals surface area contributed by atoms with Crippen molar-refractivity contribution >= 4 is 0 Å². The standard InChI is InChI=1S/C25H48O11/c1-3-4-5-6-7-8-9-10-11-12-15(2)33-24-22(32)20(30)23(17(14-27)35-24)36-25-21(31)19(29)18(28)16(13-26)34-25/h15-32H,3-14H2,1-2H3/t15?,16?,17?,18-,19+,20-,21?,22?,23-,24-,25-/m1/s1. The van der Waals surface area contributed by atoms with Crippen LogP contribution in [0.4, 0.5) is 0 Å². The summed E-state index contributed by atoms with van der Waals surface area (Å²) in [7, 11) is 0. The van der Waals surface area contributed by atoms with Crippen LogP contribution in [-0.2, 0) is 18.9 Å². The fraction of sp³-hybridized carbons (Fsp3) is 1.00. The van der Waals surface area contributed by atoms with Crippen molar-refractivity contribution in [2.75, 3.05) is 13.2 Å². The van der Waals surface area contributed by atoms with Crippen molar-refractivity contribution < 1.29 is 54.7 Å². The van der Waals surface area contributed by atoms with Crippen LogP contribution in [0.3, 0.4) is 0 Å². The van der Waals surface area contributed by atoms with Crippen LogP contribution >= 0.6 is 0 Å². The molecule has 2 aliphatic heterocycles. The zero-order chi connectivity index (χ0) is 26.7. The molecule has 2 rings (SSSR count). The van der Waals surface area contributed by atoms with E-state index in [2.05, 4.69) is 6.92 Å². The van der Waals surface area contributed by atoms with E-state index in [0.29, 0.717) is 0 Å². The van der Waals surface area contributed by atoms with Crippen LogP contribution < -0.4 is 0 Å². The van der Waals surface area contributed by atoms with Gasteiger partial charge >= 0.3 is 0 Å². The van der Waals surface area contributed by atoms with Crippen molar-refractivity contribution in [1.82, 2.24) is 0 Å². The van der Waals surface area contributed by atoms with Crippen LogP contribution in [0.1, 0.15) is 78.1 Å². The lowest BCUT2D eigenvalue weighted by Crippen LogP contribution is -2.64. The van der Waals surface area contributed by atoms with Crippen LogP contribution in [0, 0.1) is 0 Å². The van der Waals surface area contributed by atoms with Gasteiger partial charge in [0.1, 0.15) is 48.8 Å². The van der Waals surface area contributed by atoms with Gasteiger partial charge in [-0.25, -0.2) is 0 Å². The first-order valence-electron chi connectivity index (χ1n) is 13.5. The summed E-state index contributed by atoms with van der Waals surface area (Å²) in [6.45, 7) is 2.84. The number of hydrogen-bond acceptors (Lipinski definition) is 11. The third-order valence-electron chi connectivity index (χ3n) is 7.04. The lowest BCUT2D eigenvalue weighted by Gasteiger charge is -2.46. The number of aliphatic hydroxyl groups excluding tert-OH is 7. The monoisotopic (exact) mass is 524 g/mol. The molecular weight excluding hydrogens is 476 g/mol. The number of unbranched alkanes of at least 4 members (excludes halogenated alkanes) is 8. The molecule has 0 aliphatic carbocycles. The molecule has 11 nitrogen and oxygen atoms in total. The van der Waals surface area contributed by atoms with Crippen molar-refractivity contribution in [3.8, 4) is 0 Å². The summed E-state index contributed by atoms with van der Waals surface area (Å²) < 4.78 is 22.4. The summed E-state index contributed by atoms with van der Waals surface area (Å²) in [4.78, 5) is 0. The maximum atomic E-state index is 10.7. The Balaban J connectivity index is 1.80.